The fraction of sp³-hybridized carbons (Fsp3) is 0.417. The van der Waals surface area contributed by atoms with Crippen LogP contribution in [0.1, 0.15) is 18.7 Å². The minimum Gasteiger partial charge on any atom is -0.385 e. The number of benzene rings is 1. The summed E-state index contributed by atoms with van der Waals surface area (Å²) in [5.41, 5.74) is 3.36. The number of nitrogens with zero attached hydrogens (tertiary/aromatic N) is 1. The van der Waals surface area contributed by atoms with Gasteiger partial charge in [-0.25, -0.2) is 4.98 Å². The number of anilines is 1. The van der Waals surface area contributed by atoms with E-state index in [0.717, 1.165) is 29.3 Å². The third-order valence-electron chi connectivity index (χ3n) is 2.89. The van der Waals surface area contributed by atoms with Crippen LogP contribution in [0.5, 0.6) is 0 Å². The number of hydrogen-bond acceptors (Lipinski definition) is 2. The molecule has 1 heterocycles. The molecule has 1 aromatic heterocycles. The summed E-state index contributed by atoms with van der Waals surface area (Å²) in [6.07, 6.45) is 2.77. The van der Waals surface area contributed by atoms with Gasteiger partial charge in [-0.2, -0.15) is 0 Å². The maximum Gasteiger partial charge on any atom is 0.104 e. The number of hydrogen-bond donors (Lipinski definition) is 2. The predicted molar refractivity (Wildman–Crippen MR) is 62.0 cm³/mol. The molecule has 1 saturated carbocycles. The minimum atomic E-state index is 0.907. The molecule has 15 heavy (non-hydrogen) atoms. The first-order chi connectivity index (χ1) is 7.31. The Morgan fingerprint density at radius 3 is 3.13 bits per heavy atom. The second-order valence-corrected chi connectivity index (χ2v) is 4.38. The van der Waals surface area contributed by atoms with Gasteiger partial charge in [-0.05, 0) is 43.9 Å². The molecule has 0 aliphatic heterocycles. The van der Waals surface area contributed by atoms with Gasteiger partial charge in [0.15, 0.2) is 0 Å². The molecule has 0 atom stereocenters. The van der Waals surface area contributed by atoms with Crippen LogP contribution in [0.3, 0.4) is 0 Å². The zero-order valence-electron chi connectivity index (χ0n) is 8.88. The van der Waals surface area contributed by atoms with Gasteiger partial charge < -0.3 is 10.3 Å². The average molecular weight is 201 g/mol. The molecule has 1 fully saturated rings. The monoisotopic (exact) mass is 201 g/mol. The summed E-state index contributed by atoms with van der Waals surface area (Å²) in [5.74, 6) is 1.88. The SMILES string of the molecule is Cc1nc2ccc(NCC3CC3)cc2[nH]1. The number of fused-ring (bicyclic) bond motifs is 1. The van der Waals surface area contributed by atoms with Crippen LogP contribution in [-0.4, -0.2) is 16.5 Å². The lowest BCUT2D eigenvalue weighted by Crippen LogP contribution is -2.02. The summed E-state index contributed by atoms with van der Waals surface area (Å²) in [6, 6.07) is 6.30. The molecule has 0 saturated heterocycles. The largest absolute Gasteiger partial charge is 0.385 e. The van der Waals surface area contributed by atoms with Crippen molar-refractivity contribution in [3.8, 4) is 0 Å². The van der Waals surface area contributed by atoms with E-state index in [0.29, 0.717) is 0 Å². The van der Waals surface area contributed by atoms with Gasteiger partial charge in [0.1, 0.15) is 5.82 Å². The number of rotatable bonds is 3. The molecule has 1 aliphatic carbocycles. The molecule has 3 nitrogen and oxygen atoms in total. The molecular formula is C12H15N3. The van der Waals surface area contributed by atoms with Crippen molar-refractivity contribution in [1.29, 1.82) is 0 Å². The zero-order valence-corrected chi connectivity index (χ0v) is 8.88. The predicted octanol–water partition coefficient (Wildman–Crippen LogP) is 2.69. The number of aromatic amines is 1. The van der Waals surface area contributed by atoms with Crippen molar-refractivity contribution < 1.29 is 0 Å². The summed E-state index contributed by atoms with van der Waals surface area (Å²) in [5, 5.41) is 3.46. The number of imidazole rings is 1. The van der Waals surface area contributed by atoms with E-state index in [1.54, 1.807) is 0 Å². The Balaban J connectivity index is 1.84. The van der Waals surface area contributed by atoms with E-state index in [2.05, 4.69) is 33.5 Å². The standard InChI is InChI=1S/C12H15N3/c1-8-14-11-5-4-10(6-12(11)15-8)13-7-9-2-3-9/h4-6,9,13H,2-3,7H2,1H3,(H,14,15). The average Bonchev–Trinajstić information content (AvgIpc) is 2.96. The Bertz CT molecular complexity index is 483. The van der Waals surface area contributed by atoms with Crippen molar-refractivity contribution in [1.82, 2.24) is 9.97 Å². The third kappa shape index (κ3) is 1.82. The van der Waals surface area contributed by atoms with Crippen molar-refractivity contribution >= 4 is 16.7 Å². The second kappa shape index (κ2) is 3.26. The molecule has 0 unspecified atom stereocenters. The van der Waals surface area contributed by atoms with Crippen molar-refractivity contribution in [2.75, 3.05) is 11.9 Å². The summed E-state index contributed by atoms with van der Waals surface area (Å²) >= 11 is 0. The van der Waals surface area contributed by atoms with Crippen LogP contribution < -0.4 is 5.32 Å². The lowest BCUT2D eigenvalue weighted by atomic mass is 10.2. The molecule has 1 aromatic carbocycles. The maximum atomic E-state index is 4.38. The van der Waals surface area contributed by atoms with Gasteiger partial charge in [0, 0.05) is 12.2 Å². The molecule has 1 aliphatic rings. The Morgan fingerprint density at radius 1 is 1.47 bits per heavy atom. The Hall–Kier alpha value is -1.51. The lowest BCUT2D eigenvalue weighted by molar-refractivity contribution is 0.889. The van der Waals surface area contributed by atoms with Crippen LogP contribution in [0.15, 0.2) is 18.2 Å². The summed E-state index contributed by atoms with van der Waals surface area (Å²) in [6.45, 7) is 3.09. The van der Waals surface area contributed by atoms with Crippen molar-refractivity contribution in [3.05, 3.63) is 24.0 Å². The summed E-state index contributed by atoms with van der Waals surface area (Å²) in [7, 11) is 0. The molecule has 2 N–H and O–H groups in total. The normalized spacial score (nSPS) is 15.8. The fourth-order valence-corrected chi connectivity index (χ4v) is 1.83. The second-order valence-electron chi connectivity index (χ2n) is 4.38. The van der Waals surface area contributed by atoms with Gasteiger partial charge in [-0.3, -0.25) is 0 Å². The maximum absolute atomic E-state index is 4.38. The quantitative estimate of drug-likeness (QED) is 0.801. The van der Waals surface area contributed by atoms with Gasteiger partial charge in [-0.1, -0.05) is 0 Å². The van der Waals surface area contributed by atoms with E-state index >= 15 is 0 Å². The highest BCUT2D eigenvalue weighted by molar-refractivity contribution is 5.79. The van der Waals surface area contributed by atoms with Crippen molar-refractivity contribution in [3.63, 3.8) is 0 Å². The molecule has 0 amide bonds. The van der Waals surface area contributed by atoms with Crippen molar-refractivity contribution in [2.45, 2.75) is 19.8 Å². The van der Waals surface area contributed by atoms with Crippen molar-refractivity contribution in [2.24, 2.45) is 5.92 Å². The number of aryl methyl sites for hydroxylation is 1. The van der Waals surface area contributed by atoms with Crippen LogP contribution in [0.25, 0.3) is 11.0 Å². The van der Waals surface area contributed by atoms with Crippen LogP contribution in [0.2, 0.25) is 0 Å². The number of aromatic nitrogens is 2. The third-order valence-corrected chi connectivity index (χ3v) is 2.89. The van der Waals surface area contributed by atoms with E-state index in [1.807, 2.05) is 6.92 Å². The Kier molecular flexibility index (Phi) is 1.91. The molecule has 0 radical (unpaired) electrons. The van der Waals surface area contributed by atoms with Gasteiger partial charge in [-0.15, -0.1) is 0 Å². The molecule has 78 valence electrons. The molecule has 0 bridgehead atoms. The molecule has 2 aromatic rings. The first-order valence-electron chi connectivity index (χ1n) is 5.51. The van der Waals surface area contributed by atoms with E-state index < -0.39 is 0 Å². The topological polar surface area (TPSA) is 40.7 Å². The van der Waals surface area contributed by atoms with Crippen LogP contribution >= 0.6 is 0 Å². The highest BCUT2D eigenvalue weighted by Gasteiger charge is 2.20. The summed E-state index contributed by atoms with van der Waals surface area (Å²) < 4.78 is 0. The molecular weight excluding hydrogens is 186 g/mol. The van der Waals surface area contributed by atoms with Crippen LogP contribution in [-0.2, 0) is 0 Å². The first-order valence-corrected chi connectivity index (χ1v) is 5.51. The Labute approximate surface area is 88.9 Å². The Morgan fingerprint density at radius 2 is 2.33 bits per heavy atom. The van der Waals surface area contributed by atoms with Crippen LogP contribution in [0.4, 0.5) is 5.69 Å². The lowest BCUT2D eigenvalue weighted by Gasteiger charge is -2.04. The molecule has 3 heteroatoms. The fourth-order valence-electron chi connectivity index (χ4n) is 1.83. The number of H-pyrrole nitrogens is 1. The first kappa shape index (κ1) is 8.77. The van der Waals surface area contributed by atoms with E-state index in [4.69, 9.17) is 0 Å². The molecule has 0 spiro atoms. The van der Waals surface area contributed by atoms with Gasteiger partial charge in [0.05, 0.1) is 11.0 Å². The summed E-state index contributed by atoms with van der Waals surface area (Å²) in [4.78, 5) is 7.63. The van der Waals surface area contributed by atoms with E-state index in [1.165, 1.54) is 18.5 Å². The van der Waals surface area contributed by atoms with E-state index in [-0.39, 0.29) is 0 Å². The highest BCUT2D eigenvalue weighted by Crippen LogP contribution is 2.29. The zero-order chi connectivity index (χ0) is 10.3. The van der Waals surface area contributed by atoms with Gasteiger partial charge in [0.2, 0.25) is 0 Å². The molecule has 3 rings (SSSR count). The van der Waals surface area contributed by atoms with Gasteiger partial charge in [0.25, 0.3) is 0 Å². The minimum absolute atomic E-state index is 0.907. The highest BCUT2D eigenvalue weighted by atomic mass is 14.9. The van der Waals surface area contributed by atoms with Gasteiger partial charge >= 0.3 is 0 Å². The van der Waals surface area contributed by atoms with E-state index in [9.17, 15) is 0 Å². The smallest absolute Gasteiger partial charge is 0.104 e. The number of nitrogens with one attached hydrogen (secondary N) is 2. The van der Waals surface area contributed by atoms with Crippen LogP contribution in [0, 0.1) is 12.8 Å².